The molecule has 0 N–H and O–H groups in total. The van der Waals surface area contributed by atoms with Crippen LogP contribution in [0.3, 0.4) is 0 Å². The van der Waals surface area contributed by atoms with Crippen LogP contribution < -0.4 is 9.47 Å². The van der Waals surface area contributed by atoms with Crippen molar-refractivity contribution in [3.8, 4) is 11.6 Å². The molecule has 1 aromatic carbocycles. The molecule has 0 aliphatic heterocycles. The molecular formula is C14H14N2O5. The molecular weight excluding hydrogens is 276 g/mol. The van der Waals surface area contributed by atoms with Crippen LogP contribution in [-0.2, 0) is 11.8 Å². The van der Waals surface area contributed by atoms with Crippen LogP contribution in [0.15, 0.2) is 30.3 Å². The predicted molar refractivity (Wildman–Crippen MR) is 72.5 cm³/mol. The molecule has 0 amide bonds. The lowest BCUT2D eigenvalue weighted by Gasteiger charge is -2.03. The zero-order chi connectivity index (χ0) is 15.4. The second kappa shape index (κ2) is 6.08. The number of hydrogen-bond donors (Lipinski definition) is 0. The molecule has 0 aliphatic carbocycles. The molecule has 1 heterocycles. The van der Waals surface area contributed by atoms with Crippen LogP contribution in [0.4, 0.5) is 0 Å². The van der Waals surface area contributed by atoms with Crippen molar-refractivity contribution in [3.63, 3.8) is 0 Å². The molecule has 0 saturated heterocycles. The minimum atomic E-state index is -0.594. The van der Waals surface area contributed by atoms with Gasteiger partial charge in [-0.15, -0.1) is 5.10 Å². The quantitative estimate of drug-likeness (QED) is 0.793. The highest BCUT2D eigenvalue weighted by Crippen LogP contribution is 2.16. The van der Waals surface area contributed by atoms with Crippen LogP contribution in [0, 0.1) is 0 Å². The molecule has 0 unspecified atom stereocenters. The standard InChI is InChI=1S/C14H14N2O5/c1-16-11(14(18)20-3)8-12(15-16)21-13(17)9-5-4-6-10(7-9)19-2/h4-8H,1-3H3. The number of benzene rings is 1. The summed E-state index contributed by atoms with van der Waals surface area (Å²) in [6.45, 7) is 0. The van der Waals surface area contributed by atoms with Crippen molar-refractivity contribution in [2.24, 2.45) is 7.05 Å². The fourth-order valence-electron chi connectivity index (χ4n) is 1.69. The smallest absolute Gasteiger partial charge is 0.356 e. The maximum atomic E-state index is 12.0. The highest BCUT2D eigenvalue weighted by Gasteiger charge is 2.17. The monoisotopic (exact) mass is 290 g/mol. The van der Waals surface area contributed by atoms with E-state index in [1.165, 1.54) is 25.0 Å². The van der Waals surface area contributed by atoms with E-state index in [2.05, 4.69) is 9.84 Å². The third-order valence-electron chi connectivity index (χ3n) is 2.75. The van der Waals surface area contributed by atoms with Crippen LogP contribution in [-0.4, -0.2) is 35.9 Å². The Bertz CT molecular complexity index is 678. The summed E-state index contributed by atoms with van der Waals surface area (Å²) in [6.07, 6.45) is 0. The van der Waals surface area contributed by atoms with E-state index < -0.39 is 11.9 Å². The molecule has 0 atom stereocenters. The highest BCUT2D eigenvalue weighted by molar-refractivity contribution is 5.92. The molecule has 7 heteroatoms. The predicted octanol–water partition coefficient (Wildman–Crippen LogP) is 1.43. The Kier molecular flexibility index (Phi) is 4.22. The number of rotatable bonds is 4. The Balaban J connectivity index is 2.17. The van der Waals surface area contributed by atoms with Gasteiger partial charge in [0.05, 0.1) is 19.8 Å². The second-order valence-corrected chi connectivity index (χ2v) is 4.10. The lowest BCUT2D eigenvalue weighted by Crippen LogP contribution is -2.09. The summed E-state index contributed by atoms with van der Waals surface area (Å²) in [5.41, 5.74) is 0.505. The van der Waals surface area contributed by atoms with Gasteiger partial charge in [0.25, 0.3) is 0 Å². The summed E-state index contributed by atoms with van der Waals surface area (Å²) in [4.78, 5) is 23.4. The molecule has 0 spiro atoms. The van der Waals surface area contributed by atoms with Gasteiger partial charge in [-0.2, -0.15) is 0 Å². The topological polar surface area (TPSA) is 79.7 Å². The van der Waals surface area contributed by atoms with Crippen molar-refractivity contribution in [1.29, 1.82) is 0 Å². The zero-order valence-electron chi connectivity index (χ0n) is 11.8. The number of aryl methyl sites for hydroxylation is 1. The molecule has 0 aliphatic rings. The molecule has 0 radical (unpaired) electrons. The maximum absolute atomic E-state index is 12.0. The summed E-state index contributed by atoms with van der Waals surface area (Å²) in [5, 5.41) is 3.93. The van der Waals surface area contributed by atoms with Crippen LogP contribution in [0.1, 0.15) is 20.8 Å². The van der Waals surface area contributed by atoms with Crippen molar-refractivity contribution in [1.82, 2.24) is 9.78 Å². The molecule has 2 aromatic rings. The number of ether oxygens (including phenoxy) is 3. The van der Waals surface area contributed by atoms with Crippen molar-refractivity contribution < 1.29 is 23.8 Å². The van der Waals surface area contributed by atoms with Gasteiger partial charge in [-0.25, -0.2) is 9.59 Å². The van der Waals surface area contributed by atoms with E-state index in [9.17, 15) is 9.59 Å². The fourth-order valence-corrected chi connectivity index (χ4v) is 1.69. The third-order valence-corrected chi connectivity index (χ3v) is 2.75. The number of aromatic nitrogens is 2. The van der Waals surface area contributed by atoms with Gasteiger partial charge in [0, 0.05) is 13.1 Å². The molecule has 7 nitrogen and oxygen atoms in total. The van der Waals surface area contributed by atoms with E-state index in [4.69, 9.17) is 9.47 Å². The SMILES string of the molecule is COC(=O)c1cc(OC(=O)c2cccc(OC)c2)nn1C. The van der Waals surface area contributed by atoms with Gasteiger partial charge < -0.3 is 14.2 Å². The van der Waals surface area contributed by atoms with Crippen LogP contribution in [0.25, 0.3) is 0 Å². The minimum Gasteiger partial charge on any atom is -0.497 e. The van der Waals surface area contributed by atoms with Gasteiger partial charge in [0.2, 0.25) is 5.88 Å². The molecule has 1 aromatic heterocycles. The first-order valence-electron chi connectivity index (χ1n) is 6.03. The van der Waals surface area contributed by atoms with Crippen LogP contribution in [0.2, 0.25) is 0 Å². The number of hydrogen-bond acceptors (Lipinski definition) is 6. The minimum absolute atomic E-state index is 0.0192. The average Bonchev–Trinajstić information content (AvgIpc) is 2.87. The van der Waals surface area contributed by atoms with Gasteiger partial charge in [0.1, 0.15) is 11.4 Å². The summed E-state index contributed by atoms with van der Waals surface area (Å²) in [6, 6.07) is 7.87. The van der Waals surface area contributed by atoms with Crippen molar-refractivity contribution in [3.05, 3.63) is 41.6 Å². The Morgan fingerprint density at radius 2 is 1.90 bits per heavy atom. The first-order chi connectivity index (χ1) is 10.0. The molecule has 110 valence electrons. The van der Waals surface area contributed by atoms with Crippen molar-refractivity contribution in [2.75, 3.05) is 14.2 Å². The van der Waals surface area contributed by atoms with Crippen LogP contribution >= 0.6 is 0 Å². The van der Waals surface area contributed by atoms with E-state index in [0.29, 0.717) is 11.3 Å². The molecule has 0 saturated carbocycles. The van der Waals surface area contributed by atoms with Gasteiger partial charge >= 0.3 is 11.9 Å². The molecule has 0 bridgehead atoms. The number of esters is 2. The van der Waals surface area contributed by atoms with E-state index in [0.717, 1.165) is 0 Å². The maximum Gasteiger partial charge on any atom is 0.356 e. The number of nitrogens with zero attached hydrogens (tertiary/aromatic N) is 2. The Hall–Kier alpha value is -2.83. The summed E-state index contributed by atoms with van der Waals surface area (Å²) >= 11 is 0. The summed E-state index contributed by atoms with van der Waals surface area (Å²) < 4.78 is 16.0. The largest absolute Gasteiger partial charge is 0.497 e. The highest BCUT2D eigenvalue weighted by atomic mass is 16.5. The van der Waals surface area contributed by atoms with E-state index in [1.54, 1.807) is 31.3 Å². The first-order valence-corrected chi connectivity index (χ1v) is 6.03. The van der Waals surface area contributed by atoms with Crippen LogP contribution in [0.5, 0.6) is 11.6 Å². The average molecular weight is 290 g/mol. The first kappa shape index (κ1) is 14.6. The lowest BCUT2D eigenvalue weighted by atomic mass is 10.2. The Morgan fingerprint density at radius 1 is 1.14 bits per heavy atom. The zero-order valence-corrected chi connectivity index (χ0v) is 11.8. The van der Waals surface area contributed by atoms with E-state index >= 15 is 0 Å². The van der Waals surface area contributed by atoms with Crippen molar-refractivity contribution in [2.45, 2.75) is 0 Å². The molecule has 2 rings (SSSR count). The van der Waals surface area contributed by atoms with Gasteiger partial charge in [0.15, 0.2) is 0 Å². The molecule has 0 fully saturated rings. The van der Waals surface area contributed by atoms with Gasteiger partial charge in [-0.05, 0) is 18.2 Å². The van der Waals surface area contributed by atoms with Crippen molar-refractivity contribution >= 4 is 11.9 Å². The van der Waals surface area contributed by atoms with E-state index in [1.807, 2.05) is 0 Å². The van der Waals surface area contributed by atoms with Gasteiger partial charge in [-0.1, -0.05) is 6.07 Å². The summed E-state index contributed by atoms with van der Waals surface area (Å²) in [7, 11) is 4.32. The summed E-state index contributed by atoms with van der Waals surface area (Å²) in [5.74, 6) is -0.594. The normalized spacial score (nSPS) is 10.0. The molecule has 21 heavy (non-hydrogen) atoms. The Labute approximate surface area is 121 Å². The Morgan fingerprint density at radius 3 is 2.57 bits per heavy atom. The number of carbonyl (C=O) groups excluding carboxylic acids is 2. The second-order valence-electron chi connectivity index (χ2n) is 4.10. The van der Waals surface area contributed by atoms with Gasteiger partial charge in [-0.3, -0.25) is 4.68 Å². The third kappa shape index (κ3) is 3.19. The number of carbonyl (C=O) groups is 2. The number of methoxy groups -OCH3 is 2. The van der Waals surface area contributed by atoms with E-state index in [-0.39, 0.29) is 11.6 Å². The lowest BCUT2D eigenvalue weighted by molar-refractivity contribution is 0.0587. The fraction of sp³-hybridized carbons (Fsp3) is 0.214.